The molecule has 1 radical (unpaired) electrons. The van der Waals surface area contributed by atoms with Crippen LogP contribution in [0, 0.1) is 12.7 Å². The van der Waals surface area contributed by atoms with Crippen LogP contribution in [0.25, 0.3) is 0 Å². The highest BCUT2D eigenvalue weighted by Crippen LogP contribution is 2.32. The standard InChI is InChI=1S/C16H17FN/c1-16(2,18)15(12-6-4-3-5-7-12)13-8-10-14(17)11-9-13/h3-11,15H,1,18H2,2H3. The van der Waals surface area contributed by atoms with Crippen molar-refractivity contribution in [2.45, 2.75) is 18.4 Å². The van der Waals surface area contributed by atoms with Crippen LogP contribution in [0.5, 0.6) is 0 Å². The maximum atomic E-state index is 13.0. The minimum atomic E-state index is -0.654. The molecule has 93 valence electrons. The monoisotopic (exact) mass is 242 g/mol. The number of benzene rings is 2. The van der Waals surface area contributed by atoms with Crippen LogP contribution in [0.1, 0.15) is 24.0 Å². The molecule has 1 nitrogen and oxygen atoms in total. The molecule has 0 spiro atoms. The first-order valence-electron chi connectivity index (χ1n) is 5.93. The van der Waals surface area contributed by atoms with Crippen LogP contribution in [-0.4, -0.2) is 5.54 Å². The Balaban J connectivity index is 2.47. The molecule has 2 aromatic rings. The average molecular weight is 242 g/mol. The van der Waals surface area contributed by atoms with E-state index in [1.165, 1.54) is 12.1 Å². The zero-order chi connectivity index (χ0) is 13.2. The van der Waals surface area contributed by atoms with Gasteiger partial charge in [-0.1, -0.05) is 42.5 Å². The van der Waals surface area contributed by atoms with E-state index in [4.69, 9.17) is 5.73 Å². The lowest BCUT2D eigenvalue weighted by molar-refractivity contribution is 0.507. The Bertz CT molecular complexity index is 497. The highest BCUT2D eigenvalue weighted by molar-refractivity contribution is 5.36. The fourth-order valence-electron chi connectivity index (χ4n) is 2.25. The molecule has 0 aromatic heterocycles. The second-order valence-corrected chi connectivity index (χ2v) is 4.90. The largest absolute Gasteiger partial charge is 0.324 e. The van der Waals surface area contributed by atoms with Gasteiger partial charge in [0.05, 0.1) is 0 Å². The number of hydrogen-bond donors (Lipinski definition) is 1. The Morgan fingerprint density at radius 2 is 1.50 bits per heavy atom. The van der Waals surface area contributed by atoms with Gasteiger partial charge >= 0.3 is 0 Å². The van der Waals surface area contributed by atoms with Crippen molar-refractivity contribution in [3.05, 3.63) is 78.5 Å². The van der Waals surface area contributed by atoms with E-state index in [0.717, 1.165) is 11.1 Å². The summed E-state index contributed by atoms with van der Waals surface area (Å²) < 4.78 is 13.0. The molecule has 0 aliphatic rings. The molecule has 2 rings (SSSR count). The molecule has 0 fully saturated rings. The van der Waals surface area contributed by atoms with Crippen molar-refractivity contribution < 1.29 is 4.39 Å². The summed E-state index contributed by atoms with van der Waals surface area (Å²) in [5, 5.41) is 0. The fraction of sp³-hybridized carbons (Fsp3) is 0.188. The Kier molecular flexibility index (Phi) is 3.48. The summed E-state index contributed by atoms with van der Waals surface area (Å²) in [4.78, 5) is 0. The lowest BCUT2D eigenvalue weighted by Crippen LogP contribution is -2.40. The van der Waals surface area contributed by atoms with Crippen LogP contribution < -0.4 is 5.73 Å². The first-order valence-corrected chi connectivity index (χ1v) is 5.93. The van der Waals surface area contributed by atoms with Gasteiger partial charge in [-0.2, -0.15) is 0 Å². The number of hydrogen-bond acceptors (Lipinski definition) is 1. The maximum absolute atomic E-state index is 13.0. The number of halogens is 1. The van der Waals surface area contributed by atoms with Gasteiger partial charge < -0.3 is 5.73 Å². The number of nitrogens with two attached hydrogens (primary N) is 1. The van der Waals surface area contributed by atoms with E-state index < -0.39 is 5.54 Å². The molecule has 18 heavy (non-hydrogen) atoms. The second-order valence-electron chi connectivity index (χ2n) is 4.90. The van der Waals surface area contributed by atoms with Crippen molar-refractivity contribution >= 4 is 0 Å². The minimum Gasteiger partial charge on any atom is -0.324 e. The third-order valence-corrected chi connectivity index (χ3v) is 3.00. The molecule has 0 amide bonds. The molecule has 2 N–H and O–H groups in total. The first-order chi connectivity index (χ1) is 8.48. The quantitative estimate of drug-likeness (QED) is 0.875. The van der Waals surface area contributed by atoms with Gasteiger partial charge in [-0.25, -0.2) is 4.39 Å². The van der Waals surface area contributed by atoms with Crippen molar-refractivity contribution in [2.75, 3.05) is 0 Å². The lowest BCUT2D eigenvalue weighted by atomic mass is 9.78. The predicted octanol–water partition coefficient (Wildman–Crippen LogP) is 3.51. The fourth-order valence-corrected chi connectivity index (χ4v) is 2.25. The number of rotatable bonds is 3. The van der Waals surface area contributed by atoms with E-state index in [1.807, 2.05) is 37.3 Å². The molecule has 0 heterocycles. The highest BCUT2D eigenvalue weighted by Gasteiger charge is 2.28. The van der Waals surface area contributed by atoms with Gasteiger partial charge in [0.15, 0.2) is 0 Å². The van der Waals surface area contributed by atoms with Crippen molar-refractivity contribution in [1.82, 2.24) is 0 Å². The van der Waals surface area contributed by atoms with Gasteiger partial charge in [0.25, 0.3) is 0 Å². The summed E-state index contributed by atoms with van der Waals surface area (Å²) in [6, 6.07) is 16.4. The predicted molar refractivity (Wildman–Crippen MR) is 72.6 cm³/mol. The molecule has 2 heteroatoms. The molecular formula is C16H17FN. The van der Waals surface area contributed by atoms with E-state index in [9.17, 15) is 4.39 Å². The first kappa shape index (κ1) is 12.8. The normalized spacial score (nSPS) is 13.3. The van der Waals surface area contributed by atoms with Gasteiger partial charge in [-0.3, -0.25) is 0 Å². The Hall–Kier alpha value is -1.67. The summed E-state index contributed by atoms with van der Waals surface area (Å²) in [5.41, 5.74) is 7.59. The van der Waals surface area contributed by atoms with Crippen molar-refractivity contribution in [3.8, 4) is 0 Å². The maximum Gasteiger partial charge on any atom is 0.123 e. The Morgan fingerprint density at radius 3 is 2.00 bits per heavy atom. The van der Waals surface area contributed by atoms with E-state index in [-0.39, 0.29) is 11.7 Å². The van der Waals surface area contributed by atoms with E-state index in [2.05, 4.69) is 6.92 Å². The van der Waals surface area contributed by atoms with Crippen LogP contribution in [0.4, 0.5) is 4.39 Å². The van der Waals surface area contributed by atoms with Crippen molar-refractivity contribution in [3.63, 3.8) is 0 Å². The molecular weight excluding hydrogens is 225 g/mol. The lowest BCUT2D eigenvalue weighted by Gasteiger charge is -2.31. The average Bonchev–Trinajstić information content (AvgIpc) is 2.32. The summed E-state index contributed by atoms with van der Waals surface area (Å²) in [6.45, 7) is 5.91. The van der Waals surface area contributed by atoms with Gasteiger partial charge in [0.2, 0.25) is 0 Å². The molecule has 2 atom stereocenters. The van der Waals surface area contributed by atoms with Gasteiger partial charge in [-0.05, 0) is 37.1 Å². The van der Waals surface area contributed by atoms with E-state index >= 15 is 0 Å². The molecule has 2 aromatic carbocycles. The van der Waals surface area contributed by atoms with Crippen LogP contribution in [0.15, 0.2) is 54.6 Å². The topological polar surface area (TPSA) is 26.0 Å². The van der Waals surface area contributed by atoms with Crippen LogP contribution >= 0.6 is 0 Å². The zero-order valence-corrected chi connectivity index (χ0v) is 10.4. The summed E-state index contributed by atoms with van der Waals surface area (Å²) in [5.74, 6) is -0.298. The SMILES string of the molecule is [CH2]C(C)(N)C(c1ccccc1)c1ccc(F)cc1. The van der Waals surface area contributed by atoms with Crippen LogP contribution in [0.3, 0.4) is 0 Å². The van der Waals surface area contributed by atoms with Crippen LogP contribution in [0.2, 0.25) is 0 Å². The van der Waals surface area contributed by atoms with Gasteiger partial charge in [-0.15, -0.1) is 0 Å². The molecule has 0 aliphatic heterocycles. The minimum absolute atomic E-state index is 0.0562. The smallest absolute Gasteiger partial charge is 0.123 e. The Labute approximate surface area is 107 Å². The third-order valence-electron chi connectivity index (χ3n) is 3.00. The summed E-state index contributed by atoms with van der Waals surface area (Å²) >= 11 is 0. The molecule has 0 aliphatic carbocycles. The van der Waals surface area contributed by atoms with E-state index in [0.29, 0.717) is 0 Å². The van der Waals surface area contributed by atoms with Crippen molar-refractivity contribution in [1.29, 1.82) is 0 Å². The van der Waals surface area contributed by atoms with Crippen LogP contribution in [-0.2, 0) is 0 Å². The van der Waals surface area contributed by atoms with Gasteiger partial charge in [0.1, 0.15) is 5.82 Å². The molecule has 0 saturated carbocycles. The summed E-state index contributed by atoms with van der Waals surface area (Å²) in [6.07, 6.45) is 0. The Morgan fingerprint density at radius 1 is 1.00 bits per heavy atom. The molecule has 0 bridgehead atoms. The second kappa shape index (κ2) is 4.91. The zero-order valence-electron chi connectivity index (χ0n) is 10.4. The van der Waals surface area contributed by atoms with E-state index in [1.54, 1.807) is 12.1 Å². The third kappa shape index (κ3) is 2.77. The highest BCUT2D eigenvalue weighted by atomic mass is 19.1. The molecule has 2 unspecified atom stereocenters. The molecule has 0 saturated heterocycles. The van der Waals surface area contributed by atoms with Crippen molar-refractivity contribution in [2.24, 2.45) is 5.73 Å². The summed E-state index contributed by atoms with van der Waals surface area (Å²) in [7, 11) is 0. The van der Waals surface area contributed by atoms with Gasteiger partial charge in [0, 0.05) is 11.5 Å².